The number of nitrogens with zero attached hydrogens (tertiary/aromatic N) is 2. The summed E-state index contributed by atoms with van der Waals surface area (Å²) in [6, 6.07) is 17.7. The van der Waals surface area contributed by atoms with Crippen molar-refractivity contribution in [3.63, 3.8) is 0 Å². The highest BCUT2D eigenvalue weighted by Crippen LogP contribution is 2.43. The van der Waals surface area contributed by atoms with E-state index in [1.807, 2.05) is 37.3 Å². The van der Waals surface area contributed by atoms with Crippen LogP contribution >= 0.6 is 0 Å². The third-order valence-electron chi connectivity index (χ3n) is 6.93. The molecule has 3 N–H and O–H groups in total. The summed E-state index contributed by atoms with van der Waals surface area (Å²) in [5.74, 6) is 0.611. The molecule has 1 aliphatic heterocycles. The van der Waals surface area contributed by atoms with Gasteiger partial charge in [-0.3, -0.25) is 19.8 Å². The number of hydroxylamine groups is 1. The molecule has 3 unspecified atom stereocenters. The standard InChI is InChI=1S/C27H29N3O4.CH4O/c1-17-13-20(22-5-2-3-6-24(22)28-17)16-34-21-10-8-18(9-11-21)14-19-15-23(19)27(32)30-12-4-7-25(30)26(31)29-33;1-2/h2-3,5-6,8-11,13,19,23,25,33H,4,7,12,14-16H2,1H3,(H,29,31);2H,1H3. The summed E-state index contributed by atoms with van der Waals surface area (Å²) in [4.78, 5) is 30.9. The van der Waals surface area contributed by atoms with Crippen molar-refractivity contribution in [2.45, 2.75) is 45.3 Å². The van der Waals surface area contributed by atoms with E-state index in [1.54, 1.807) is 10.4 Å². The Kier molecular flexibility index (Phi) is 8.18. The summed E-state index contributed by atoms with van der Waals surface area (Å²) in [6.45, 7) is 3.05. The summed E-state index contributed by atoms with van der Waals surface area (Å²) < 4.78 is 6.06. The van der Waals surface area contributed by atoms with Crippen LogP contribution in [0.3, 0.4) is 0 Å². The molecule has 1 saturated heterocycles. The summed E-state index contributed by atoms with van der Waals surface area (Å²) in [5.41, 5.74) is 5.92. The predicted molar refractivity (Wildman–Crippen MR) is 135 cm³/mol. The van der Waals surface area contributed by atoms with Crippen LogP contribution in [-0.2, 0) is 22.6 Å². The number of carbonyl (C=O) groups is 2. The van der Waals surface area contributed by atoms with Crippen molar-refractivity contribution >= 4 is 22.7 Å². The van der Waals surface area contributed by atoms with Crippen LogP contribution in [0.25, 0.3) is 10.9 Å². The summed E-state index contributed by atoms with van der Waals surface area (Å²) in [6.07, 6.45) is 3.06. The average molecular weight is 492 g/mol. The molecule has 2 amide bonds. The number of amides is 2. The molecule has 1 aliphatic carbocycles. The number of carbonyl (C=O) groups excluding carboxylic acids is 2. The van der Waals surface area contributed by atoms with E-state index in [9.17, 15) is 9.59 Å². The van der Waals surface area contributed by atoms with Gasteiger partial charge in [0.05, 0.1) is 5.52 Å². The van der Waals surface area contributed by atoms with Crippen LogP contribution in [0.2, 0.25) is 0 Å². The van der Waals surface area contributed by atoms with Crippen molar-refractivity contribution in [1.29, 1.82) is 0 Å². The third kappa shape index (κ3) is 5.66. The lowest BCUT2D eigenvalue weighted by atomic mass is 10.1. The molecule has 8 nitrogen and oxygen atoms in total. The largest absolute Gasteiger partial charge is 0.489 e. The Hall–Kier alpha value is -3.49. The minimum atomic E-state index is -0.545. The Balaban J connectivity index is 0.00000148. The van der Waals surface area contributed by atoms with E-state index >= 15 is 0 Å². The Morgan fingerprint density at radius 2 is 1.89 bits per heavy atom. The third-order valence-corrected chi connectivity index (χ3v) is 6.93. The van der Waals surface area contributed by atoms with Gasteiger partial charge in [-0.2, -0.15) is 0 Å². The fraction of sp³-hybridized carbons (Fsp3) is 0.393. The van der Waals surface area contributed by atoms with Crippen molar-refractivity contribution in [2.24, 2.45) is 11.8 Å². The minimum absolute atomic E-state index is 0.0359. The van der Waals surface area contributed by atoms with Gasteiger partial charge in [-0.05, 0) is 68.4 Å². The smallest absolute Gasteiger partial charge is 0.266 e. The molecule has 2 aliphatic rings. The van der Waals surface area contributed by atoms with Crippen LogP contribution in [0.4, 0.5) is 0 Å². The van der Waals surface area contributed by atoms with Gasteiger partial charge in [0.2, 0.25) is 5.91 Å². The van der Waals surface area contributed by atoms with E-state index in [1.165, 1.54) is 5.56 Å². The Morgan fingerprint density at radius 3 is 2.64 bits per heavy atom. The second-order valence-corrected chi connectivity index (χ2v) is 9.34. The predicted octanol–water partition coefficient (Wildman–Crippen LogP) is 3.41. The molecule has 8 heteroatoms. The van der Waals surface area contributed by atoms with Crippen LogP contribution in [0.1, 0.15) is 36.1 Å². The van der Waals surface area contributed by atoms with E-state index in [0.29, 0.717) is 25.5 Å². The molecule has 190 valence electrons. The maximum atomic E-state index is 12.9. The van der Waals surface area contributed by atoms with Crippen molar-refractivity contribution in [2.75, 3.05) is 13.7 Å². The molecule has 0 radical (unpaired) electrons. The quantitative estimate of drug-likeness (QED) is 0.345. The highest BCUT2D eigenvalue weighted by atomic mass is 16.5. The van der Waals surface area contributed by atoms with Gasteiger partial charge < -0.3 is 14.7 Å². The number of benzene rings is 2. The number of hydrogen-bond donors (Lipinski definition) is 3. The normalized spacial score (nSPS) is 20.4. The van der Waals surface area contributed by atoms with Crippen LogP contribution < -0.4 is 10.2 Å². The maximum Gasteiger partial charge on any atom is 0.266 e. The Morgan fingerprint density at radius 1 is 1.14 bits per heavy atom. The number of hydrogen-bond acceptors (Lipinski definition) is 6. The lowest BCUT2D eigenvalue weighted by Gasteiger charge is -2.23. The van der Waals surface area contributed by atoms with Gasteiger partial charge in [0.25, 0.3) is 5.91 Å². The summed E-state index contributed by atoms with van der Waals surface area (Å²) >= 11 is 0. The lowest BCUT2D eigenvalue weighted by Crippen LogP contribution is -2.45. The molecule has 3 aromatic rings. The second kappa shape index (κ2) is 11.5. The number of fused-ring (bicyclic) bond motifs is 1. The molecule has 36 heavy (non-hydrogen) atoms. The van der Waals surface area contributed by atoms with Crippen LogP contribution in [0, 0.1) is 18.8 Å². The molecule has 2 fully saturated rings. The lowest BCUT2D eigenvalue weighted by molar-refractivity contribution is -0.143. The first-order valence-corrected chi connectivity index (χ1v) is 12.3. The maximum absolute atomic E-state index is 12.9. The molecule has 2 aromatic carbocycles. The van der Waals surface area contributed by atoms with Gasteiger partial charge >= 0.3 is 0 Å². The fourth-order valence-electron chi connectivity index (χ4n) is 5.07. The number of ether oxygens (including phenoxy) is 1. The molecular weight excluding hydrogens is 458 g/mol. The Labute approximate surface area is 210 Å². The summed E-state index contributed by atoms with van der Waals surface area (Å²) in [5, 5.41) is 17.0. The van der Waals surface area contributed by atoms with Crippen LogP contribution in [-0.4, -0.2) is 51.7 Å². The number of aliphatic hydroxyl groups excluding tert-OH is 1. The topological polar surface area (TPSA) is 112 Å². The zero-order valence-electron chi connectivity index (χ0n) is 20.7. The molecule has 2 heterocycles. The van der Waals surface area contributed by atoms with Crippen LogP contribution in [0.5, 0.6) is 5.75 Å². The SMILES string of the molecule is CO.Cc1cc(COc2ccc(CC3CC3C(=O)N3CCCC3C(=O)NO)cc2)c2ccccc2n1. The van der Waals surface area contributed by atoms with E-state index in [0.717, 1.165) is 54.3 Å². The number of aryl methyl sites for hydroxylation is 1. The van der Waals surface area contributed by atoms with Crippen molar-refractivity contribution in [1.82, 2.24) is 15.4 Å². The zero-order chi connectivity index (χ0) is 25.7. The minimum Gasteiger partial charge on any atom is -0.489 e. The first-order chi connectivity index (χ1) is 17.5. The van der Waals surface area contributed by atoms with Gasteiger partial charge in [0.15, 0.2) is 0 Å². The monoisotopic (exact) mass is 491 g/mol. The Bertz CT molecular complexity index is 1210. The van der Waals surface area contributed by atoms with E-state index in [4.69, 9.17) is 15.1 Å². The van der Waals surface area contributed by atoms with Gasteiger partial charge in [-0.25, -0.2) is 5.48 Å². The highest BCUT2D eigenvalue weighted by Gasteiger charge is 2.47. The molecular formula is C28H33N3O5. The van der Waals surface area contributed by atoms with Gasteiger partial charge in [0.1, 0.15) is 18.4 Å². The average Bonchev–Trinajstić information content (AvgIpc) is 3.50. The van der Waals surface area contributed by atoms with E-state index in [2.05, 4.69) is 29.2 Å². The van der Waals surface area contributed by atoms with E-state index in [-0.39, 0.29) is 11.8 Å². The molecule has 3 atom stereocenters. The number of pyridine rings is 1. The fourth-order valence-corrected chi connectivity index (χ4v) is 5.07. The first kappa shape index (κ1) is 25.6. The number of para-hydroxylation sites is 1. The van der Waals surface area contributed by atoms with Crippen molar-refractivity contribution in [3.05, 3.63) is 71.4 Å². The van der Waals surface area contributed by atoms with Crippen molar-refractivity contribution < 1.29 is 24.6 Å². The van der Waals surface area contributed by atoms with Crippen LogP contribution in [0.15, 0.2) is 54.6 Å². The zero-order valence-corrected chi connectivity index (χ0v) is 20.7. The summed E-state index contributed by atoms with van der Waals surface area (Å²) in [7, 11) is 1.00. The van der Waals surface area contributed by atoms with Gasteiger partial charge in [-0.15, -0.1) is 0 Å². The molecule has 1 aromatic heterocycles. The van der Waals surface area contributed by atoms with Gasteiger partial charge in [-0.1, -0.05) is 30.3 Å². The second-order valence-electron chi connectivity index (χ2n) is 9.34. The first-order valence-electron chi connectivity index (χ1n) is 12.3. The molecule has 1 saturated carbocycles. The number of rotatable bonds is 7. The molecule has 5 rings (SSSR count). The van der Waals surface area contributed by atoms with Crippen molar-refractivity contribution in [3.8, 4) is 5.75 Å². The van der Waals surface area contributed by atoms with Gasteiger partial charge in [0, 0.05) is 36.2 Å². The number of aromatic nitrogens is 1. The number of aliphatic hydroxyl groups is 1. The highest BCUT2D eigenvalue weighted by molar-refractivity contribution is 5.89. The number of likely N-dealkylation sites (tertiary alicyclic amines) is 1. The molecule has 0 spiro atoms. The number of nitrogens with one attached hydrogen (secondary N) is 1. The molecule has 0 bridgehead atoms. The van der Waals surface area contributed by atoms with E-state index < -0.39 is 11.9 Å².